The number of carbonyl (C=O) groups excluding carboxylic acids is 2. The first-order valence-electron chi connectivity index (χ1n) is 9.63. The number of ether oxygens (including phenoxy) is 1. The van der Waals surface area contributed by atoms with Crippen molar-refractivity contribution in [3.63, 3.8) is 0 Å². The van der Waals surface area contributed by atoms with Gasteiger partial charge in [0.25, 0.3) is 0 Å². The van der Waals surface area contributed by atoms with E-state index in [0.717, 1.165) is 12.8 Å². The van der Waals surface area contributed by atoms with Gasteiger partial charge in [0, 0.05) is 0 Å². The van der Waals surface area contributed by atoms with Crippen LogP contribution in [0.2, 0.25) is 5.32 Å². The Kier molecular flexibility index (Phi) is 16.9. The molecule has 0 aromatic rings. The molecule has 1 amide bonds. The molecule has 0 aromatic heterocycles. The molecule has 1 atom stereocenters. The van der Waals surface area contributed by atoms with Crippen LogP contribution in [0.4, 0.5) is 0 Å². The molecule has 4 nitrogen and oxygen atoms in total. The van der Waals surface area contributed by atoms with E-state index in [1.165, 1.54) is 71.1 Å². The van der Waals surface area contributed by atoms with E-state index in [1.54, 1.807) is 0 Å². The Bertz CT molecular complexity index is 324. The molecule has 0 saturated heterocycles. The van der Waals surface area contributed by atoms with E-state index < -0.39 is 6.04 Å². The first-order chi connectivity index (χ1) is 11.6. The van der Waals surface area contributed by atoms with Crippen LogP contribution in [-0.2, 0) is 14.3 Å². The molecular formula is C19H36NO3Se. The van der Waals surface area contributed by atoms with E-state index in [-0.39, 0.29) is 11.9 Å². The number of rotatable bonds is 16. The summed E-state index contributed by atoms with van der Waals surface area (Å²) in [4.78, 5) is 22.7. The second-order valence-electron chi connectivity index (χ2n) is 6.48. The van der Waals surface area contributed by atoms with Crippen LogP contribution < -0.4 is 5.32 Å². The molecule has 0 aliphatic heterocycles. The summed E-state index contributed by atoms with van der Waals surface area (Å²) >= 11 is 2.76. The second-order valence-corrected chi connectivity index (χ2v) is 7.18. The number of carbonyl (C=O) groups is 2. The summed E-state index contributed by atoms with van der Waals surface area (Å²) in [5, 5.41) is 3.02. The monoisotopic (exact) mass is 406 g/mol. The fraction of sp³-hybridized carbons (Fsp3) is 0.895. The van der Waals surface area contributed by atoms with Crippen LogP contribution in [-0.4, -0.2) is 40.5 Å². The van der Waals surface area contributed by atoms with Crippen molar-refractivity contribution < 1.29 is 14.3 Å². The van der Waals surface area contributed by atoms with Gasteiger partial charge in [-0.2, -0.15) is 0 Å². The van der Waals surface area contributed by atoms with Crippen molar-refractivity contribution in [1.29, 1.82) is 0 Å². The van der Waals surface area contributed by atoms with Gasteiger partial charge >= 0.3 is 117 Å². The summed E-state index contributed by atoms with van der Waals surface area (Å²) in [6, 6.07) is -0.556. The maximum atomic E-state index is 11.8. The number of esters is 1. The third kappa shape index (κ3) is 15.0. The number of hydrogen-bond donors (Lipinski definition) is 1. The van der Waals surface area contributed by atoms with Crippen molar-refractivity contribution in [2.24, 2.45) is 0 Å². The SMILES string of the molecule is CCCCCCCCCCCCCCOC(=O)[C@H](C[Se])NC(C)=O. The predicted molar refractivity (Wildman–Crippen MR) is 100 cm³/mol. The molecule has 0 bridgehead atoms. The molecule has 0 rings (SSSR count). The van der Waals surface area contributed by atoms with Crippen molar-refractivity contribution in [1.82, 2.24) is 5.32 Å². The standard InChI is InChI=1S/C19H36NO3Se/c1-3-4-5-6-7-8-9-10-11-12-13-14-15-23-19(22)18(16-24)20-17(2)21/h18H,3-16H2,1-2H3,(H,20,21)/t18-/m0/s1. The van der Waals surface area contributed by atoms with Crippen LogP contribution in [0, 0.1) is 0 Å². The minimum absolute atomic E-state index is 0.211. The fourth-order valence-electron chi connectivity index (χ4n) is 2.63. The Hall–Kier alpha value is -0.541. The first kappa shape index (κ1) is 23.5. The molecular weight excluding hydrogens is 369 g/mol. The summed E-state index contributed by atoms with van der Waals surface area (Å²) in [7, 11) is 0. The van der Waals surface area contributed by atoms with Gasteiger partial charge in [-0.05, 0) is 0 Å². The molecule has 5 heteroatoms. The van der Waals surface area contributed by atoms with Crippen molar-refractivity contribution in [2.75, 3.05) is 6.61 Å². The van der Waals surface area contributed by atoms with Gasteiger partial charge < -0.3 is 0 Å². The van der Waals surface area contributed by atoms with Gasteiger partial charge in [0.2, 0.25) is 0 Å². The third-order valence-corrected chi connectivity index (χ3v) is 4.77. The Balaban J connectivity index is 3.35. The molecule has 24 heavy (non-hydrogen) atoms. The molecule has 141 valence electrons. The van der Waals surface area contributed by atoms with E-state index in [4.69, 9.17) is 4.74 Å². The van der Waals surface area contributed by atoms with Gasteiger partial charge in [-0.1, -0.05) is 39.0 Å². The van der Waals surface area contributed by atoms with Crippen LogP contribution in [0.5, 0.6) is 0 Å². The first-order valence-corrected chi connectivity index (χ1v) is 10.8. The van der Waals surface area contributed by atoms with Crippen LogP contribution in [0.3, 0.4) is 0 Å². The Morgan fingerprint density at radius 1 is 0.875 bits per heavy atom. The number of unbranched alkanes of at least 4 members (excludes halogenated alkanes) is 11. The van der Waals surface area contributed by atoms with Crippen molar-refractivity contribution in [2.45, 2.75) is 102 Å². The quantitative estimate of drug-likeness (QED) is 0.236. The summed E-state index contributed by atoms with van der Waals surface area (Å²) in [6.45, 7) is 4.11. The molecule has 1 N–H and O–H groups in total. The van der Waals surface area contributed by atoms with E-state index >= 15 is 0 Å². The molecule has 1 radical (unpaired) electrons. The van der Waals surface area contributed by atoms with Crippen molar-refractivity contribution in [3.05, 3.63) is 0 Å². The zero-order valence-electron chi connectivity index (χ0n) is 15.6. The van der Waals surface area contributed by atoms with Gasteiger partial charge in [0.05, 0.1) is 0 Å². The molecule has 0 aliphatic rings. The third-order valence-electron chi connectivity index (χ3n) is 4.07. The average Bonchev–Trinajstić information content (AvgIpc) is 2.56. The minimum atomic E-state index is -0.556. The number of hydrogen-bond acceptors (Lipinski definition) is 3. The van der Waals surface area contributed by atoms with E-state index in [1.807, 2.05) is 0 Å². The summed E-state index contributed by atoms with van der Waals surface area (Å²) in [5.74, 6) is -0.551. The normalized spacial score (nSPS) is 12.0. The van der Waals surface area contributed by atoms with Crippen LogP contribution >= 0.6 is 0 Å². The zero-order chi connectivity index (χ0) is 18.0. The summed E-state index contributed by atoms with van der Waals surface area (Å²) in [6.07, 6.45) is 15.4. The van der Waals surface area contributed by atoms with Crippen molar-refractivity contribution >= 4 is 27.9 Å². The van der Waals surface area contributed by atoms with Gasteiger partial charge in [-0.25, -0.2) is 0 Å². The predicted octanol–water partition coefficient (Wildman–Crippen LogP) is 4.32. The molecule has 0 spiro atoms. The zero-order valence-corrected chi connectivity index (χ0v) is 17.3. The molecule has 0 unspecified atom stereocenters. The molecule has 0 heterocycles. The number of nitrogens with one attached hydrogen (secondary N) is 1. The second kappa shape index (κ2) is 17.3. The van der Waals surface area contributed by atoms with Gasteiger partial charge in [0.1, 0.15) is 0 Å². The van der Waals surface area contributed by atoms with E-state index in [2.05, 4.69) is 28.3 Å². The Labute approximate surface area is 156 Å². The molecule has 0 aliphatic carbocycles. The molecule has 0 aromatic carbocycles. The molecule has 0 saturated carbocycles. The van der Waals surface area contributed by atoms with Gasteiger partial charge in [-0.3, -0.25) is 0 Å². The van der Waals surface area contributed by atoms with Crippen molar-refractivity contribution in [3.8, 4) is 0 Å². The van der Waals surface area contributed by atoms with Crippen LogP contribution in [0.15, 0.2) is 0 Å². The van der Waals surface area contributed by atoms with Crippen LogP contribution in [0.25, 0.3) is 0 Å². The van der Waals surface area contributed by atoms with Gasteiger partial charge in [-0.15, -0.1) is 0 Å². The van der Waals surface area contributed by atoms with E-state index in [0.29, 0.717) is 11.9 Å². The maximum absolute atomic E-state index is 11.8. The van der Waals surface area contributed by atoms with Gasteiger partial charge in [0.15, 0.2) is 0 Å². The summed E-state index contributed by atoms with van der Waals surface area (Å²) in [5.41, 5.74) is 0. The Morgan fingerprint density at radius 2 is 1.33 bits per heavy atom. The number of amides is 1. The fourth-order valence-corrected chi connectivity index (χ4v) is 3.09. The molecule has 0 fully saturated rings. The van der Waals surface area contributed by atoms with Crippen LogP contribution in [0.1, 0.15) is 90.9 Å². The average molecular weight is 405 g/mol. The van der Waals surface area contributed by atoms with E-state index in [9.17, 15) is 9.59 Å². The Morgan fingerprint density at radius 3 is 1.75 bits per heavy atom. The topological polar surface area (TPSA) is 55.4 Å². The summed E-state index contributed by atoms with van der Waals surface area (Å²) < 4.78 is 5.21.